The summed E-state index contributed by atoms with van der Waals surface area (Å²) < 4.78 is 24.2. The van der Waals surface area contributed by atoms with Crippen molar-refractivity contribution in [1.82, 2.24) is 4.98 Å². The monoisotopic (exact) mass is 353 g/mol. The van der Waals surface area contributed by atoms with Crippen molar-refractivity contribution in [2.75, 3.05) is 7.11 Å². The molecule has 4 nitrogen and oxygen atoms in total. The molecule has 3 rings (SSSR count). The first-order valence-corrected chi connectivity index (χ1v) is 8.50. The van der Waals surface area contributed by atoms with Gasteiger partial charge in [0.2, 0.25) is 0 Å². The predicted octanol–water partition coefficient (Wildman–Crippen LogP) is 3.07. The Morgan fingerprint density at radius 3 is 2.46 bits per heavy atom. The van der Waals surface area contributed by atoms with E-state index in [9.17, 15) is 4.39 Å². The predicted molar refractivity (Wildman–Crippen MR) is 97.3 cm³/mol. The van der Waals surface area contributed by atoms with Crippen LogP contribution in [-0.4, -0.2) is 12.1 Å². The van der Waals surface area contributed by atoms with Crippen molar-refractivity contribution < 1.29 is 19.2 Å². The molecule has 0 unspecified atom stereocenters. The van der Waals surface area contributed by atoms with Crippen molar-refractivity contribution in [1.29, 1.82) is 0 Å². The molecule has 0 aliphatic rings. The topological polar surface area (TPSA) is 48.0 Å². The van der Waals surface area contributed by atoms with Gasteiger partial charge < -0.3 is 14.8 Å². The molecule has 3 aromatic rings. The number of ether oxygens (including phenoxy) is 2. The van der Waals surface area contributed by atoms with Crippen molar-refractivity contribution in [2.24, 2.45) is 0 Å². The lowest BCUT2D eigenvalue weighted by Gasteiger charge is -2.12. The van der Waals surface area contributed by atoms with Gasteiger partial charge in [-0.3, -0.25) is 4.98 Å². The van der Waals surface area contributed by atoms with Gasteiger partial charge in [-0.2, -0.15) is 0 Å². The number of quaternary nitrogens is 1. The minimum atomic E-state index is -0.252. The van der Waals surface area contributed by atoms with Crippen LogP contribution in [0.25, 0.3) is 0 Å². The van der Waals surface area contributed by atoms with Crippen LogP contribution in [0.1, 0.15) is 16.8 Å². The van der Waals surface area contributed by atoms with Crippen LogP contribution in [0.2, 0.25) is 0 Å². The van der Waals surface area contributed by atoms with Crippen LogP contribution in [0.15, 0.2) is 66.9 Å². The molecule has 0 atom stereocenters. The molecule has 1 heterocycles. The van der Waals surface area contributed by atoms with Crippen LogP contribution in [0.5, 0.6) is 11.5 Å². The highest BCUT2D eigenvalue weighted by molar-refractivity contribution is 5.42. The number of hydrogen-bond acceptors (Lipinski definition) is 3. The highest BCUT2D eigenvalue weighted by Gasteiger charge is 2.08. The van der Waals surface area contributed by atoms with E-state index in [0.717, 1.165) is 29.9 Å². The summed E-state index contributed by atoms with van der Waals surface area (Å²) >= 11 is 0. The highest BCUT2D eigenvalue weighted by atomic mass is 19.1. The Hall–Kier alpha value is -2.92. The smallest absolute Gasteiger partial charge is 0.161 e. The van der Waals surface area contributed by atoms with Crippen LogP contribution >= 0.6 is 0 Å². The molecule has 0 radical (unpaired) electrons. The molecule has 0 aliphatic heterocycles. The molecular weight excluding hydrogens is 331 g/mol. The quantitative estimate of drug-likeness (QED) is 0.677. The largest absolute Gasteiger partial charge is 0.493 e. The van der Waals surface area contributed by atoms with E-state index < -0.39 is 0 Å². The molecule has 2 aromatic carbocycles. The number of hydrogen-bond donors (Lipinski definition) is 1. The van der Waals surface area contributed by atoms with E-state index in [0.29, 0.717) is 18.1 Å². The molecular formula is C21H22FN2O2+. The fourth-order valence-electron chi connectivity index (χ4n) is 2.61. The fraction of sp³-hybridized carbons (Fsp3) is 0.190. The van der Waals surface area contributed by atoms with E-state index in [2.05, 4.69) is 10.3 Å². The fourth-order valence-corrected chi connectivity index (χ4v) is 2.61. The first kappa shape index (κ1) is 17.9. The second-order valence-corrected chi connectivity index (χ2v) is 5.92. The van der Waals surface area contributed by atoms with Crippen molar-refractivity contribution in [3.8, 4) is 11.5 Å². The van der Waals surface area contributed by atoms with E-state index >= 15 is 0 Å². The second-order valence-electron chi connectivity index (χ2n) is 5.92. The third-order valence-electron chi connectivity index (χ3n) is 4.00. The van der Waals surface area contributed by atoms with E-state index in [4.69, 9.17) is 9.47 Å². The second kappa shape index (κ2) is 8.97. The summed E-state index contributed by atoms with van der Waals surface area (Å²) in [4.78, 5) is 4.32. The molecule has 0 bridgehead atoms. The number of pyridine rings is 1. The number of methoxy groups -OCH3 is 1. The average molecular weight is 353 g/mol. The zero-order valence-electron chi connectivity index (χ0n) is 14.7. The number of rotatable bonds is 8. The summed E-state index contributed by atoms with van der Waals surface area (Å²) in [6.45, 7) is 2.01. The summed E-state index contributed by atoms with van der Waals surface area (Å²) in [5.41, 5.74) is 3.10. The van der Waals surface area contributed by atoms with Crippen LogP contribution in [0.4, 0.5) is 4.39 Å². The lowest BCUT2D eigenvalue weighted by Crippen LogP contribution is -2.80. The number of halogens is 1. The van der Waals surface area contributed by atoms with Crippen molar-refractivity contribution >= 4 is 0 Å². The molecule has 1 aromatic heterocycles. The summed E-state index contributed by atoms with van der Waals surface area (Å²) in [5, 5.41) is 2.19. The Morgan fingerprint density at radius 2 is 1.73 bits per heavy atom. The summed E-state index contributed by atoms with van der Waals surface area (Å²) in [5.74, 6) is 1.11. The first-order valence-electron chi connectivity index (χ1n) is 8.50. The number of aromatic nitrogens is 1. The minimum absolute atomic E-state index is 0.252. The third-order valence-corrected chi connectivity index (χ3v) is 4.00. The zero-order valence-corrected chi connectivity index (χ0v) is 14.7. The van der Waals surface area contributed by atoms with Gasteiger partial charge in [-0.05, 0) is 48.0 Å². The first-order chi connectivity index (χ1) is 12.7. The lowest BCUT2D eigenvalue weighted by molar-refractivity contribution is -0.686. The van der Waals surface area contributed by atoms with E-state index in [1.807, 2.05) is 36.4 Å². The van der Waals surface area contributed by atoms with Gasteiger partial charge >= 0.3 is 0 Å². The van der Waals surface area contributed by atoms with Crippen molar-refractivity contribution in [2.45, 2.75) is 19.7 Å². The lowest BCUT2D eigenvalue weighted by atomic mass is 10.2. The van der Waals surface area contributed by atoms with E-state index in [1.165, 1.54) is 12.1 Å². The Bertz CT molecular complexity index is 823. The molecule has 0 fully saturated rings. The van der Waals surface area contributed by atoms with E-state index in [-0.39, 0.29) is 5.82 Å². The molecule has 0 spiro atoms. The molecule has 134 valence electrons. The number of nitrogens with zero attached hydrogens (tertiary/aromatic N) is 1. The minimum Gasteiger partial charge on any atom is -0.493 e. The maximum atomic E-state index is 13.0. The van der Waals surface area contributed by atoms with Gasteiger partial charge in [-0.1, -0.05) is 18.2 Å². The standard InChI is InChI=1S/C21H21FN2O2/c1-25-21-12-17(13-23-14-19-4-2-3-11-24-19)7-10-20(21)26-15-16-5-8-18(22)9-6-16/h2-12,23H,13-15H2,1H3/p+1. The average Bonchev–Trinajstić information content (AvgIpc) is 2.69. The molecule has 0 saturated heterocycles. The molecule has 0 amide bonds. The van der Waals surface area contributed by atoms with E-state index in [1.54, 1.807) is 25.4 Å². The third kappa shape index (κ3) is 5.04. The summed E-state index contributed by atoms with van der Waals surface area (Å²) in [7, 11) is 1.63. The molecule has 2 N–H and O–H groups in total. The Morgan fingerprint density at radius 1 is 0.923 bits per heavy atom. The molecule has 0 aliphatic carbocycles. The Balaban J connectivity index is 1.57. The van der Waals surface area contributed by atoms with Gasteiger partial charge in [-0.15, -0.1) is 0 Å². The molecule has 5 heteroatoms. The Labute approximate surface area is 152 Å². The highest BCUT2D eigenvalue weighted by Crippen LogP contribution is 2.28. The van der Waals surface area contributed by atoms with Crippen LogP contribution in [0, 0.1) is 5.82 Å². The van der Waals surface area contributed by atoms with Gasteiger partial charge in [-0.25, -0.2) is 4.39 Å². The van der Waals surface area contributed by atoms with Crippen LogP contribution < -0.4 is 14.8 Å². The molecule has 26 heavy (non-hydrogen) atoms. The molecule has 0 saturated carbocycles. The van der Waals surface area contributed by atoms with Gasteiger partial charge in [0.15, 0.2) is 11.5 Å². The van der Waals surface area contributed by atoms with Gasteiger partial charge in [0, 0.05) is 11.8 Å². The maximum absolute atomic E-state index is 13.0. The van der Waals surface area contributed by atoms with Crippen LogP contribution in [0.3, 0.4) is 0 Å². The normalized spacial score (nSPS) is 10.5. The maximum Gasteiger partial charge on any atom is 0.161 e. The SMILES string of the molecule is COc1cc(C[NH2+]Cc2ccccn2)ccc1OCc1ccc(F)cc1. The van der Waals surface area contributed by atoms with Crippen molar-refractivity contribution in [3.63, 3.8) is 0 Å². The van der Waals surface area contributed by atoms with Gasteiger partial charge in [0.1, 0.15) is 25.5 Å². The van der Waals surface area contributed by atoms with Crippen molar-refractivity contribution in [3.05, 3.63) is 89.5 Å². The number of benzene rings is 2. The van der Waals surface area contributed by atoms with Gasteiger partial charge in [0.05, 0.1) is 12.8 Å². The Kier molecular flexibility index (Phi) is 6.17. The van der Waals surface area contributed by atoms with Gasteiger partial charge in [0.25, 0.3) is 0 Å². The summed E-state index contributed by atoms with van der Waals surface area (Å²) in [6, 6.07) is 18.1. The number of nitrogens with two attached hydrogens (primary N) is 1. The zero-order chi connectivity index (χ0) is 18.2. The van der Waals surface area contributed by atoms with Crippen LogP contribution in [-0.2, 0) is 19.7 Å². The summed E-state index contributed by atoms with van der Waals surface area (Å²) in [6.07, 6.45) is 1.81.